The maximum Gasteiger partial charge on any atom is 0.0674 e. The molecule has 3 heteroatoms. The highest BCUT2D eigenvalue weighted by atomic mass is 32.3. The lowest BCUT2D eigenvalue weighted by Crippen LogP contribution is -2.26. The van der Waals surface area contributed by atoms with Crippen molar-refractivity contribution in [3.63, 3.8) is 0 Å². The lowest BCUT2D eigenvalue weighted by Gasteiger charge is -2.41. The van der Waals surface area contributed by atoms with Crippen LogP contribution in [0.5, 0.6) is 0 Å². The monoisotopic (exact) mass is 325 g/mol. The van der Waals surface area contributed by atoms with Crippen molar-refractivity contribution in [2.24, 2.45) is 0 Å². The molecule has 2 nitrogen and oxygen atoms in total. The van der Waals surface area contributed by atoms with Gasteiger partial charge in [-0.15, -0.1) is 10.2 Å². The number of aliphatic hydroxyl groups excluding tert-OH is 1. The molecule has 3 atom stereocenters. The van der Waals surface area contributed by atoms with Gasteiger partial charge < -0.3 is 5.11 Å². The maximum absolute atomic E-state index is 10.5. The highest BCUT2D eigenvalue weighted by molar-refractivity contribution is 8.37. The normalized spacial score (nSPS) is 25.4. The number of rotatable bonds is 5. The Hall–Kier alpha value is -1.81. The second-order valence-electron chi connectivity index (χ2n) is 5.78. The highest BCUT2D eigenvalue weighted by Crippen LogP contribution is 2.64. The summed E-state index contributed by atoms with van der Waals surface area (Å²) in [6.07, 6.45) is 1.75. The first-order chi connectivity index (χ1) is 11.2. The summed E-state index contributed by atoms with van der Waals surface area (Å²) in [6, 6.07) is 20.7. The van der Waals surface area contributed by atoms with E-state index >= 15 is 0 Å². The van der Waals surface area contributed by atoms with E-state index in [1.165, 1.54) is 16.7 Å². The molecule has 23 heavy (non-hydrogen) atoms. The Bertz CT molecular complexity index is 709. The Morgan fingerprint density at radius 1 is 0.957 bits per heavy atom. The fourth-order valence-electron chi connectivity index (χ4n) is 3.15. The van der Waals surface area contributed by atoms with Crippen LogP contribution in [0.2, 0.25) is 0 Å². The topological polar surface area (TPSA) is 32.3 Å². The van der Waals surface area contributed by atoms with Crippen molar-refractivity contribution >= 4 is 15.8 Å². The van der Waals surface area contributed by atoms with Crippen molar-refractivity contribution in [2.75, 3.05) is 7.05 Å². The van der Waals surface area contributed by atoms with Gasteiger partial charge in [0.2, 0.25) is 0 Å². The first kappa shape index (κ1) is 16.1. The van der Waals surface area contributed by atoms with Crippen LogP contribution in [-0.4, -0.2) is 18.3 Å². The van der Waals surface area contributed by atoms with Crippen molar-refractivity contribution in [1.29, 1.82) is 0 Å². The first-order valence-corrected chi connectivity index (χ1v) is 9.67. The van der Waals surface area contributed by atoms with Crippen LogP contribution in [-0.2, 0) is 0 Å². The van der Waals surface area contributed by atoms with Gasteiger partial charge in [-0.05, 0) is 47.6 Å². The van der Waals surface area contributed by atoms with Crippen LogP contribution in [0.1, 0.15) is 23.3 Å². The molecular weight excluding hydrogens is 302 g/mol. The van der Waals surface area contributed by atoms with Crippen LogP contribution >= 0.6 is 10.2 Å². The minimum absolute atomic E-state index is 0.0335. The summed E-state index contributed by atoms with van der Waals surface area (Å²) in [6.45, 7) is 1.88. The first-order valence-electron chi connectivity index (χ1n) is 7.85. The molecule has 0 aromatic heterocycles. The summed E-state index contributed by atoms with van der Waals surface area (Å²) in [7, 11) is 0.556. The van der Waals surface area contributed by atoms with E-state index in [9.17, 15) is 5.11 Å². The quantitative estimate of drug-likeness (QED) is 0.841. The third-order valence-corrected chi connectivity index (χ3v) is 7.69. The van der Waals surface area contributed by atoms with Gasteiger partial charge in [-0.3, -0.25) is 4.72 Å². The summed E-state index contributed by atoms with van der Waals surface area (Å²) >= 11 is 0. The molecule has 2 aromatic rings. The van der Waals surface area contributed by atoms with Crippen LogP contribution in [0.25, 0.3) is 5.57 Å². The van der Waals surface area contributed by atoms with Crippen LogP contribution in [0, 0.1) is 0 Å². The van der Waals surface area contributed by atoms with E-state index in [1.54, 1.807) is 0 Å². The second-order valence-corrected chi connectivity index (χ2v) is 8.73. The summed E-state index contributed by atoms with van der Waals surface area (Å²) in [5, 5.41) is 15.1. The van der Waals surface area contributed by atoms with E-state index in [1.807, 2.05) is 38.2 Å². The van der Waals surface area contributed by atoms with Crippen LogP contribution in [0.4, 0.5) is 0 Å². The molecular formula is C20H23NOS. The highest BCUT2D eigenvalue weighted by Gasteiger charge is 2.35. The minimum atomic E-state index is -1.43. The third kappa shape index (κ3) is 3.13. The molecule has 120 valence electrons. The summed E-state index contributed by atoms with van der Waals surface area (Å²) < 4.78 is 3.52. The number of hydrogen-bond acceptors (Lipinski definition) is 2. The molecule has 0 bridgehead atoms. The second kappa shape index (κ2) is 6.75. The molecule has 0 aliphatic carbocycles. The van der Waals surface area contributed by atoms with Crippen LogP contribution in [0.15, 0.2) is 77.6 Å². The van der Waals surface area contributed by atoms with E-state index in [-0.39, 0.29) is 5.25 Å². The molecule has 0 saturated heterocycles. The summed E-state index contributed by atoms with van der Waals surface area (Å²) in [4.78, 5) is 0. The maximum atomic E-state index is 10.5. The number of aliphatic hydroxyl groups is 1. The van der Waals surface area contributed by atoms with Gasteiger partial charge in [-0.2, -0.15) is 0 Å². The Balaban J connectivity index is 2.04. The molecule has 0 amide bonds. The zero-order chi connectivity index (χ0) is 16.3. The molecule has 1 aliphatic rings. The predicted octanol–water partition coefficient (Wildman–Crippen LogP) is 4.62. The van der Waals surface area contributed by atoms with Crippen LogP contribution in [0.3, 0.4) is 0 Å². The molecule has 0 radical (unpaired) electrons. The molecule has 1 aliphatic heterocycles. The molecule has 1 heterocycles. The van der Waals surface area contributed by atoms with Crippen molar-refractivity contribution in [3.8, 4) is 0 Å². The van der Waals surface area contributed by atoms with Gasteiger partial charge in [0.1, 0.15) is 0 Å². The van der Waals surface area contributed by atoms with Gasteiger partial charge in [0, 0.05) is 0 Å². The van der Waals surface area contributed by atoms with E-state index in [2.05, 4.69) is 58.0 Å². The van der Waals surface area contributed by atoms with E-state index in [0.717, 1.165) is 0 Å². The van der Waals surface area contributed by atoms with Crippen molar-refractivity contribution in [2.45, 2.75) is 18.3 Å². The zero-order valence-electron chi connectivity index (χ0n) is 13.5. The average molecular weight is 325 g/mol. The molecule has 0 fully saturated rings. The number of nitrogens with one attached hydrogen (secondary N) is 1. The summed E-state index contributed by atoms with van der Waals surface area (Å²) in [5.41, 5.74) is 3.60. The van der Waals surface area contributed by atoms with Gasteiger partial charge >= 0.3 is 0 Å². The fraction of sp³-hybridized carbons (Fsp3) is 0.200. The molecule has 3 unspecified atom stereocenters. The Kier molecular flexibility index (Phi) is 4.71. The Labute approximate surface area is 140 Å². The van der Waals surface area contributed by atoms with Gasteiger partial charge in [-0.1, -0.05) is 60.7 Å². The Morgan fingerprint density at radius 3 is 2.13 bits per heavy atom. The van der Waals surface area contributed by atoms with E-state index < -0.39 is 16.3 Å². The van der Waals surface area contributed by atoms with Gasteiger partial charge in [0.25, 0.3) is 0 Å². The molecule has 2 aromatic carbocycles. The van der Waals surface area contributed by atoms with Crippen molar-refractivity contribution < 1.29 is 5.11 Å². The molecule has 3 rings (SSSR count). The van der Waals surface area contributed by atoms with Gasteiger partial charge in [0.15, 0.2) is 0 Å². The number of benzene rings is 2. The number of hydrogen-bond donors (Lipinski definition) is 2. The molecule has 2 N–H and O–H groups in total. The SMILES string of the molecule is CNS1(C(c2ccccc2)C(C)O)C=CC(c2ccccc2)=C1. The molecule has 0 spiro atoms. The lowest BCUT2D eigenvalue weighted by molar-refractivity contribution is 0.191. The Morgan fingerprint density at radius 2 is 1.57 bits per heavy atom. The van der Waals surface area contributed by atoms with Crippen LogP contribution < -0.4 is 4.72 Å². The summed E-state index contributed by atoms with van der Waals surface area (Å²) in [5.74, 6) is 0. The van der Waals surface area contributed by atoms with Gasteiger partial charge in [0.05, 0.1) is 11.4 Å². The average Bonchev–Trinajstić information content (AvgIpc) is 3.02. The number of allylic oxidation sites excluding steroid dienone is 2. The fourth-order valence-corrected chi connectivity index (χ4v) is 6.32. The largest absolute Gasteiger partial charge is 0.392 e. The zero-order valence-corrected chi connectivity index (χ0v) is 14.3. The third-order valence-electron chi connectivity index (χ3n) is 4.24. The molecule has 0 saturated carbocycles. The van der Waals surface area contributed by atoms with Gasteiger partial charge in [-0.25, -0.2) is 0 Å². The van der Waals surface area contributed by atoms with E-state index in [0.29, 0.717) is 0 Å². The lowest BCUT2D eigenvalue weighted by atomic mass is 10.1. The van der Waals surface area contributed by atoms with E-state index in [4.69, 9.17) is 0 Å². The minimum Gasteiger partial charge on any atom is -0.392 e. The smallest absolute Gasteiger partial charge is 0.0674 e. The van der Waals surface area contributed by atoms with Crippen molar-refractivity contribution in [3.05, 3.63) is 88.7 Å². The van der Waals surface area contributed by atoms with Crippen molar-refractivity contribution in [1.82, 2.24) is 4.72 Å². The standard InChI is InChI=1S/C20H23NOS/c1-16(22)20(18-11-7-4-8-12-18)23(21-2)14-13-19(15-23)17-9-5-3-6-10-17/h3-16,20-22H,1-2H3. The predicted molar refractivity (Wildman–Crippen MR) is 101 cm³/mol.